The Morgan fingerprint density at radius 3 is 2.68 bits per heavy atom. The lowest BCUT2D eigenvalue weighted by Gasteiger charge is -2.07. The van der Waals surface area contributed by atoms with E-state index in [0.29, 0.717) is 16.8 Å². The van der Waals surface area contributed by atoms with Gasteiger partial charge in [-0.05, 0) is 59.3 Å². The van der Waals surface area contributed by atoms with Crippen molar-refractivity contribution in [1.82, 2.24) is 0 Å². The van der Waals surface area contributed by atoms with E-state index in [9.17, 15) is 4.79 Å². The molecule has 0 aliphatic carbocycles. The first-order valence-corrected chi connectivity index (χ1v) is 6.76. The highest BCUT2D eigenvalue weighted by Crippen LogP contribution is 2.17. The zero-order valence-electron chi connectivity index (χ0n) is 10.3. The van der Waals surface area contributed by atoms with Gasteiger partial charge >= 0.3 is 0 Å². The molecule has 4 heteroatoms. The van der Waals surface area contributed by atoms with Gasteiger partial charge < -0.3 is 5.32 Å². The van der Waals surface area contributed by atoms with Gasteiger partial charge in [0, 0.05) is 9.13 Å². The minimum absolute atomic E-state index is 0.208. The summed E-state index contributed by atoms with van der Waals surface area (Å²) in [5.41, 5.74) is 2.71. The van der Waals surface area contributed by atoms with E-state index in [1.165, 1.54) is 0 Å². The number of aryl methyl sites for hydroxylation is 1. The van der Waals surface area contributed by atoms with Gasteiger partial charge in [0.05, 0.1) is 11.3 Å². The fraction of sp³-hybridized carbons (Fsp3) is 0.0667. The van der Waals surface area contributed by atoms with Crippen LogP contribution in [0.2, 0.25) is 0 Å². The predicted octanol–water partition coefficient (Wildman–Crippen LogP) is 3.72. The predicted molar refractivity (Wildman–Crippen MR) is 83.0 cm³/mol. The van der Waals surface area contributed by atoms with E-state index in [4.69, 9.17) is 5.26 Å². The van der Waals surface area contributed by atoms with Crippen LogP contribution in [0.5, 0.6) is 0 Å². The molecule has 19 heavy (non-hydrogen) atoms. The summed E-state index contributed by atoms with van der Waals surface area (Å²) in [6.07, 6.45) is 0. The van der Waals surface area contributed by atoms with Crippen LogP contribution in [0.25, 0.3) is 0 Å². The summed E-state index contributed by atoms with van der Waals surface area (Å²) in [4.78, 5) is 12.1. The second-order valence-corrected chi connectivity index (χ2v) is 5.24. The summed E-state index contributed by atoms with van der Waals surface area (Å²) in [6, 6.07) is 14.5. The van der Waals surface area contributed by atoms with Crippen LogP contribution >= 0.6 is 22.6 Å². The number of hydrogen-bond donors (Lipinski definition) is 1. The van der Waals surface area contributed by atoms with Gasteiger partial charge in [-0.3, -0.25) is 4.79 Å². The summed E-state index contributed by atoms with van der Waals surface area (Å²) >= 11 is 2.20. The summed E-state index contributed by atoms with van der Waals surface area (Å²) in [5.74, 6) is -0.208. The molecule has 2 aromatic carbocycles. The Hall–Kier alpha value is -1.87. The molecule has 0 bridgehead atoms. The highest BCUT2D eigenvalue weighted by Gasteiger charge is 2.09. The molecule has 0 saturated carbocycles. The monoisotopic (exact) mass is 362 g/mol. The topological polar surface area (TPSA) is 52.9 Å². The SMILES string of the molecule is Cc1ccc(C(=O)Nc2ccccc2C#N)cc1I. The van der Waals surface area contributed by atoms with E-state index in [2.05, 4.69) is 34.0 Å². The number of para-hydroxylation sites is 1. The van der Waals surface area contributed by atoms with Crippen molar-refractivity contribution in [1.29, 1.82) is 5.26 Å². The molecule has 0 atom stereocenters. The van der Waals surface area contributed by atoms with Crippen LogP contribution in [0.3, 0.4) is 0 Å². The lowest BCUT2D eigenvalue weighted by atomic mass is 10.1. The average Bonchev–Trinajstić information content (AvgIpc) is 2.42. The molecule has 2 rings (SSSR count). The highest BCUT2D eigenvalue weighted by atomic mass is 127. The molecule has 0 heterocycles. The summed E-state index contributed by atoms with van der Waals surface area (Å²) in [6.45, 7) is 1.99. The van der Waals surface area contributed by atoms with Gasteiger partial charge in [0.1, 0.15) is 6.07 Å². The second kappa shape index (κ2) is 5.85. The van der Waals surface area contributed by atoms with E-state index < -0.39 is 0 Å². The fourth-order valence-corrected chi connectivity index (χ4v) is 2.13. The molecular weight excluding hydrogens is 351 g/mol. The van der Waals surface area contributed by atoms with E-state index in [0.717, 1.165) is 9.13 Å². The first kappa shape index (κ1) is 13.6. The Kier molecular flexibility index (Phi) is 4.17. The number of halogens is 1. The summed E-state index contributed by atoms with van der Waals surface area (Å²) < 4.78 is 1.04. The van der Waals surface area contributed by atoms with Crippen molar-refractivity contribution in [2.75, 3.05) is 5.32 Å². The first-order chi connectivity index (χ1) is 9.11. The van der Waals surface area contributed by atoms with E-state index >= 15 is 0 Å². The largest absolute Gasteiger partial charge is 0.321 e. The minimum atomic E-state index is -0.208. The van der Waals surface area contributed by atoms with Crippen molar-refractivity contribution >= 4 is 34.2 Å². The summed E-state index contributed by atoms with van der Waals surface area (Å²) in [7, 11) is 0. The van der Waals surface area contributed by atoms with Crippen LogP contribution in [0.4, 0.5) is 5.69 Å². The number of carbonyl (C=O) groups excluding carboxylic acids is 1. The third-order valence-electron chi connectivity index (χ3n) is 2.73. The number of anilines is 1. The Labute approximate surface area is 125 Å². The number of rotatable bonds is 2. The standard InChI is InChI=1S/C15H11IN2O/c1-10-6-7-11(8-13(10)16)15(19)18-14-5-3-2-4-12(14)9-17/h2-8H,1H3,(H,18,19). The van der Waals surface area contributed by atoms with Gasteiger partial charge in [0.2, 0.25) is 0 Å². The maximum Gasteiger partial charge on any atom is 0.255 e. The Bertz CT molecular complexity index is 674. The van der Waals surface area contributed by atoms with Crippen molar-refractivity contribution in [3.8, 4) is 6.07 Å². The second-order valence-electron chi connectivity index (χ2n) is 4.08. The van der Waals surface area contributed by atoms with Gasteiger partial charge in [-0.15, -0.1) is 0 Å². The van der Waals surface area contributed by atoms with E-state index in [1.54, 1.807) is 30.3 Å². The molecule has 0 spiro atoms. The number of benzene rings is 2. The molecule has 0 aliphatic rings. The molecule has 0 unspecified atom stereocenters. The highest BCUT2D eigenvalue weighted by molar-refractivity contribution is 14.1. The lowest BCUT2D eigenvalue weighted by Crippen LogP contribution is -2.13. The fourth-order valence-electron chi connectivity index (χ4n) is 1.62. The van der Waals surface area contributed by atoms with Crippen molar-refractivity contribution in [3.05, 3.63) is 62.7 Å². The number of carbonyl (C=O) groups is 1. The third kappa shape index (κ3) is 3.12. The molecule has 0 radical (unpaired) electrons. The molecular formula is C15H11IN2O. The van der Waals surface area contributed by atoms with Crippen LogP contribution in [0, 0.1) is 21.8 Å². The molecule has 0 fully saturated rings. The van der Waals surface area contributed by atoms with Gasteiger partial charge in [0.15, 0.2) is 0 Å². The maximum absolute atomic E-state index is 12.1. The normalized spacial score (nSPS) is 9.74. The number of nitrogens with zero attached hydrogens (tertiary/aromatic N) is 1. The van der Waals surface area contributed by atoms with Crippen LogP contribution in [0.1, 0.15) is 21.5 Å². The molecule has 1 N–H and O–H groups in total. The maximum atomic E-state index is 12.1. The quantitative estimate of drug-likeness (QED) is 0.828. The minimum Gasteiger partial charge on any atom is -0.321 e. The zero-order chi connectivity index (χ0) is 13.8. The number of nitrogens with one attached hydrogen (secondary N) is 1. The first-order valence-electron chi connectivity index (χ1n) is 5.68. The number of amides is 1. The van der Waals surface area contributed by atoms with Gasteiger partial charge in [-0.2, -0.15) is 5.26 Å². The van der Waals surface area contributed by atoms with Gasteiger partial charge in [-0.25, -0.2) is 0 Å². The molecule has 0 aromatic heterocycles. The number of nitriles is 1. The Morgan fingerprint density at radius 2 is 2.00 bits per heavy atom. The van der Waals surface area contributed by atoms with Crippen LogP contribution in [0.15, 0.2) is 42.5 Å². The zero-order valence-corrected chi connectivity index (χ0v) is 12.4. The van der Waals surface area contributed by atoms with Crippen LogP contribution in [-0.2, 0) is 0 Å². The van der Waals surface area contributed by atoms with Crippen LogP contribution < -0.4 is 5.32 Å². The summed E-state index contributed by atoms with van der Waals surface area (Å²) in [5, 5.41) is 11.7. The molecule has 3 nitrogen and oxygen atoms in total. The molecule has 2 aromatic rings. The van der Waals surface area contributed by atoms with Crippen molar-refractivity contribution in [3.63, 3.8) is 0 Å². The van der Waals surface area contributed by atoms with E-state index in [-0.39, 0.29) is 5.91 Å². The lowest BCUT2D eigenvalue weighted by molar-refractivity contribution is 0.102. The van der Waals surface area contributed by atoms with Crippen molar-refractivity contribution < 1.29 is 4.79 Å². The third-order valence-corrected chi connectivity index (χ3v) is 3.89. The number of hydrogen-bond acceptors (Lipinski definition) is 2. The van der Waals surface area contributed by atoms with E-state index in [1.807, 2.05) is 19.1 Å². The molecule has 0 saturated heterocycles. The molecule has 1 amide bonds. The van der Waals surface area contributed by atoms with Crippen LogP contribution in [-0.4, -0.2) is 5.91 Å². The van der Waals surface area contributed by atoms with Gasteiger partial charge in [-0.1, -0.05) is 18.2 Å². The molecule has 0 aliphatic heterocycles. The smallest absolute Gasteiger partial charge is 0.255 e. The van der Waals surface area contributed by atoms with Gasteiger partial charge in [0.25, 0.3) is 5.91 Å². The Morgan fingerprint density at radius 1 is 1.26 bits per heavy atom. The van der Waals surface area contributed by atoms with Crippen molar-refractivity contribution in [2.24, 2.45) is 0 Å². The van der Waals surface area contributed by atoms with Crippen molar-refractivity contribution in [2.45, 2.75) is 6.92 Å². The Balaban J connectivity index is 2.26. The average molecular weight is 362 g/mol. The molecule has 94 valence electrons.